The molecule has 17 heavy (non-hydrogen) atoms. The molecule has 0 amide bonds. The van der Waals surface area contributed by atoms with Crippen LogP contribution in [-0.2, 0) is 17.6 Å². The number of nitrogens with zero attached hydrogens (tertiary/aromatic N) is 2. The van der Waals surface area contributed by atoms with Gasteiger partial charge in [0.2, 0.25) is 0 Å². The van der Waals surface area contributed by atoms with E-state index in [4.69, 9.17) is 5.11 Å². The van der Waals surface area contributed by atoms with Crippen molar-refractivity contribution in [3.05, 3.63) is 16.1 Å². The van der Waals surface area contributed by atoms with Crippen LogP contribution in [0.4, 0.5) is 0 Å². The van der Waals surface area contributed by atoms with E-state index in [9.17, 15) is 4.79 Å². The van der Waals surface area contributed by atoms with Crippen LogP contribution in [0.1, 0.15) is 23.2 Å². The molecule has 0 spiro atoms. The summed E-state index contributed by atoms with van der Waals surface area (Å²) in [6, 6.07) is 0. The second kappa shape index (κ2) is 5.60. The van der Waals surface area contributed by atoms with Crippen LogP contribution in [0.5, 0.6) is 0 Å². The molecule has 2 heterocycles. The molecule has 2 rings (SSSR count). The molecule has 5 heteroatoms. The maximum absolute atomic E-state index is 10.6. The summed E-state index contributed by atoms with van der Waals surface area (Å²) < 4.78 is 0. The first kappa shape index (κ1) is 12.5. The van der Waals surface area contributed by atoms with Gasteiger partial charge in [0, 0.05) is 24.0 Å². The number of thiazole rings is 1. The summed E-state index contributed by atoms with van der Waals surface area (Å²) in [6.07, 6.45) is 4.05. The molecular formula is C12H18N2O2S. The summed E-state index contributed by atoms with van der Waals surface area (Å²) in [5.41, 5.74) is 0. The van der Waals surface area contributed by atoms with Crippen molar-refractivity contribution in [3.63, 3.8) is 0 Å². The lowest BCUT2D eigenvalue weighted by Crippen LogP contribution is -2.20. The summed E-state index contributed by atoms with van der Waals surface area (Å²) in [5, 5.41) is 9.79. The van der Waals surface area contributed by atoms with Crippen LogP contribution in [0.15, 0.2) is 6.20 Å². The first-order valence-electron chi connectivity index (χ1n) is 6.05. The fourth-order valence-corrected chi connectivity index (χ4v) is 3.31. The van der Waals surface area contributed by atoms with E-state index in [0.717, 1.165) is 29.4 Å². The van der Waals surface area contributed by atoms with E-state index in [2.05, 4.69) is 16.8 Å². The van der Waals surface area contributed by atoms with Crippen LogP contribution in [0.2, 0.25) is 0 Å². The zero-order valence-corrected chi connectivity index (χ0v) is 10.9. The van der Waals surface area contributed by atoms with Crippen LogP contribution in [-0.4, -0.2) is 40.6 Å². The monoisotopic (exact) mass is 254 g/mol. The highest BCUT2D eigenvalue weighted by Crippen LogP contribution is 2.23. The highest BCUT2D eigenvalue weighted by atomic mass is 32.1. The average Bonchev–Trinajstić information content (AvgIpc) is 2.88. The summed E-state index contributed by atoms with van der Waals surface area (Å²) in [5.74, 6) is -0.0861. The van der Waals surface area contributed by atoms with Crippen molar-refractivity contribution >= 4 is 17.3 Å². The minimum Gasteiger partial charge on any atom is -0.481 e. The Balaban J connectivity index is 1.87. The van der Waals surface area contributed by atoms with Crippen LogP contribution < -0.4 is 0 Å². The predicted molar refractivity (Wildman–Crippen MR) is 67.4 cm³/mol. The zero-order valence-electron chi connectivity index (χ0n) is 10.1. The number of hydrogen-bond donors (Lipinski definition) is 1. The maximum Gasteiger partial charge on any atom is 0.308 e. The Bertz CT molecular complexity index is 392. The number of aromatic nitrogens is 1. The van der Waals surface area contributed by atoms with Gasteiger partial charge in [-0.3, -0.25) is 4.79 Å². The molecule has 1 unspecified atom stereocenters. The van der Waals surface area contributed by atoms with Crippen molar-refractivity contribution in [1.82, 2.24) is 9.88 Å². The Morgan fingerprint density at radius 1 is 1.71 bits per heavy atom. The van der Waals surface area contributed by atoms with Gasteiger partial charge in [0.15, 0.2) is 0 Å². The molecule has 1 aromatic rings. The van der Waals surface area contributed by atoms with Crippen molar-refractivity contribution in [1.29, 1.82) is 0 Å². The third-order valence-corrected chi connectivity index (χ3v) is 4.23. The van der Waals surface area contributed by atoms with Gasteiger partial charge in [0.05, 0.1) is 11.4 Å². The molecule has 1 atom stereocenters. The fraction of sp³-hybridized carbons (Fsp3) is 0.667. The maximum atomic E-state index is 10.6. The first-order valence-corrected chi connectivity index (χ1v) is 6.86. The lowest BCUT2D eigenvalue weighted by Gasteiger charge is -2.11. The van der Waals surface area contributed by atoms with Crippen molar-refractivity contribution in [3.8, 4) is 0 Å². The molecule has 1 aliphatic rings. The molecular weight excluding hydrogens is 236 g/mol. The van der Waals surface area contributed by atoms with E-state index in [1.165, 1.54) is 13.0 Å². The summed E-state index contributed by atoms with van der Waals surface area (Å²) >= 11 is 1.55. The molecule has 1 aliphatic heterocycles. The molecule has 1 aromatic heterocycles. The Kier molecular flexibility index (Phi) is 4.12. The molecule has 0 bridgehead atoms. The number of carboxylic acid groups (broad SMARTS) is 1. The number of carboxylic acids is 1. The third-order valence-electron chi connectivity index (χ3n) is 3.21. The Labute approximate surface area is 105 Å². The van der Waals surface area contributed by atoms with Gasteiger partial charge in [0.1, 0.15) is 0 Å². The summed E-state index contributed by atoms with van der Waals surface area (Å²) in [4.78, 5) is 18.2. The van der Waals surface area contributed by atoms with Gasteiger partial charge in [-0.25, -0.2) is 4.98 Å². The zero-order chi connectivity index (χ0) is 12.3. The SMILES string of the molecule is CCN1CCC(Cc2ncc(CC(=O)O)s2)C1. The lowest BCUT2D eigenvalue weighted by molar-refractivity contribution is -0.136. The molecule has 0 radical (unpaired) electrons. The smallest absolute Gasteiger partial charge is 0.308 e. The molecule has 0 aliphatic carbocycles. The normalized spacial score (nSPS) is 20.9. The average molecular weight is 254 g/mol. The van der Waals surface area contributed by atoms with Crippen LogP contribution in [0, 0.1) is 5.92 Å². The van der Waals surface area contributed by atoms with Gasteiger partial charge in [-0.05, 0) is 25.4 Å². The Hall–Kier alpha value is -0.940. The van der Waals surface area contributed by atoms with E-state index >= 15 is 0 Å². The predicted octanol–water partition coefficient (Wildman–Crippen LogP) is 1.65. The second-order valence-corrected chi connectivity index (χ2v) is 5.74. The molecule has 0 aromatic carbocycles. The highest BCUT2D eigenvalue weighted by molar-refractivity contribution is 7.11. The van der Waals surface area contributed by atoms with E-state index in [-0.39, 0.29) is 6.42 Å². The van der Waals surface area contributed by atoms with E-state index < -0.39 is 5.97 Å². The first-order chi connectivity index (χ1) is 8.17. The second-order valence-electron chi connectivity index (χ2n) is 4.54. The number of rotatable bonds is 5. The van der Waals surface area contributed by atoms with Gasteiger partial charge in [0.25, 0.3) is 0 Å². The molecule has 1 N–H and O–H groups in total. The summed E-state index contributed by atoms with van der Waals surface area (Å²) in [6.45, 7) is 5.66. The lowest BCUT2D eigenvalue weighted by atomic mass is 10.1. The minimum absolute atomic E-state index is 0.101. The Morgan fingerprint density at radius 2 is 2.53 bits per heavy atom. The molecule has 0 saturated carbocycles. The fourth-order valence-electron chi connectivity index (χ4n) is 2.29. The van der Waals surface area contributed by atoms with E-state index in [0.29, 0.717) is 5.92 Å². The van der Waals surface area contributed by atoms with Gasteiger partial charge < -0.3 is 10.0 Å². The van der Waals surface area contributed by atoms with Crippen LogP contribution in [0.3, 0.4) is 0 Å². The topological polar surface area (TPSA) is 53.4 Å². The Morgan fingerprint density at radius 3 is 3.18 bits per heavy atom. The van der Waals surface area contributed by atoms with Crippen LogP contribution >= 0.6 is 11.3 Å². The van der Waals surface area contributed by atoms with Crippen LogP contribution in [0.25, 0.3) is 0 Å². The highest BCUT2D eigenvalue weighted by Gasteiger charge is 2.22. The number of aliphatic carboxylic acids is 1. The number of hydrogen-bond acceptors (Lipinski definition) is 4. The largest absolute Gasteiger partial charge is 0.481 e. The number of carbonyl (C=O) groups is 1. The molecule has 1 fully saturated rings. The van der Waals surface area contributed by atoms with Gasteiger partial charge in [-0.1, -0.05) is 6.92 Å². The van der Waals surface area contributed by atoms with Crippen molar-refractivity contribution in [2.24, 2.45) is 5.92 Å². The molecule has 94 valence electrons. The van der Waals surface area contributed by atoms with Crippen molar-refractivity contribution in [2.75, 3.05) is 19.6 Å². The third kappa shape index (κ3) is 3.51. The minimum atomic E-state index is -0.779. The molecule has 1 saturated heterocycles. The van der Waals surface area contributed by atoms with Gasteiger partial charge in [-0.15, -0.1) is 11.3 Å². The van der Waals surface area contributed by atoms with Gasteiger partial charge >= 0.3 is 5.97 Å². The standard InChI is InChI=1S/C12H18N2O2S/c1-2-14-4-3-9(8-14)5-11-13-7-10(17-11)6-12(15)16/h7,9H,2-6,8H2,1H3,(H,15,16). The van der Waals surface area contributed by atoms with E-state index in [1.807, 2.05) is 0 Å². The van der Waals surface area contributed by atoms with E-state index in [1.54, 1.807) is 17.5 Å². The quantitative estimate of drug-likeness (QED) is 0.868. The van der Waals surface area contributed by atoms with Crippen molar-refractivity contribution < 1.29 is 9.90 Å². The van der Waals surface area contributed by atoms with Crippen molar-refractivity contribution in [2.45, 2.75) is 26.2 Å². The molecule has 4 nitrogen and oxygen atoms in total. The van der Waals surface area contributed by atoms with Gasteiger partial charge in [-0.2, -0.15) is 0 Å². The number of likely N-dealkylation sites (tertiary alicyclic amines) is 1. The summed E-state index contributed by atoms with van der Waals surface area (Å²) in [7, 11) is 0.